The van der Waals surface area contributed by atoms with Gasteiger partial charge in [0.05, 0.1) is 24.9 Å². The van der Waals surface area contributed by atoms with Gasteiger partial charge in [0.1, 0.15) is 18.4 Å². The number of fused-ring (bicyclic) bond motifs is 1. The lowest BCUT2D eigenvalue weighted by atomic mass is 10.1. The molecule has 5 rings (SSSR count). The molecule has 7 heteroatoms. The highest BCUT2D eigenvalue weighted by atomic mass is 16.3. The lowest BCUT2D eigenvalue weighted by Gasteiger charge is -2.24. The maximum absolute atomic E-state index is 12.9. The maximum Gasteiger partial charge on any atom is 0.255 e. The van der Waals surface area contributed by atoms with Gasteiger partial charge in [0.2, 0.25) is 0 Å². The highest BCUT2D eigenvalue weighted by molar-refractivity contribution is 5.95. The first kappa shape index (κ1) is 20.1. The fourth-order valence-corrected chi connectivity index (χ4v) is 4.31. The molecule has 0 radical (unpaired) electrons. The molecule has 2 aromatic heterocycles. The normalized spacial score (nSPS) is 15.0. The van der Waals surface area contributed by atoms with E-state index in [4.69, 9.17) is 4.42 Å². The van der Waals surface area contributed by atoms with Gasteiger partial charge in [-0.3, -0.25) is 4.79 Å². The number of hydrogen-bond donors (Lipinski definition) is 1. The second-order valence-corrected chi connectivity index (χ2v) is 8.16. The summed E-state index contributed by atoms with van der Waals surface area (Å²) >= 11 is 0. The van der Waals surface area contributed by atoms with E-state index in [9.17, 15) is 4.79 Å². The highest BCUT2D eigenvalue weighted by Gasteiger charge is 2.27. The Morgan fingerprint density at radius 3 is 2.88 bits per heavy atom. The van der Waals surface area contributed by atoms with Crippen molar-refractivity contribution in [2.75, 3.05) is 4.90 Å². The number of benzene rings is 2. The predicted molar refractivity (Wildman–Crippen MR) is 121 cm³/mol. The van der Waals surface area contributed by atoms with Gasteiger partial charge in [-0.2, -0.15) is 5.10 Å². The number of amides is 1. The minimum Gasteiger partial charge on any atom is -0.467 e. The van der Waals surface area contributed by atoms with Crippen LogP contribution in [0.1, 0.15) is 39.7 Å². The van der Waals surface area contributed by atoms with Crippen LogP contribution in [0.15, 0.2) is 77.9 Å². The van der Waals surface area contributed by atoms with Crippen LogP contribution in [0.25, 0.3) is 0 Å². The highest BCUT2D eigenvalue weighted by Crippen LogP contribution is 2.33. The molecule has 0 bridgehead atoms. The average Bonchev–Trinajstić information content (AvgIpc) is 3.54. The van der Waals surface area contributed by atoms with Crippen molar-refractivity contribution >= 4 is 11.6 Å². The van der Waals surface area contributed by atoms with Crippen molar-refractivity contribution in [1.29, 1.82) is 0 Å². The molecular formula is C25H25N5O2. The van der Waals surface area contributed by atoms with Gasteiger partial charge in [0.25, 0.3) is 5.91 Å². The first-order chi connectivity index (χ1) is 15.7. The summed E-state index contributed by atoms with van der Waals surface area (Å²) in [6.45, 7) is 3.86. The number of para-hydroxylation sites is 1. The Morgan fingerprint density at radius 2 is 2.00 bits per heavy atom. The van der Waals surface area contributed by atoms with Gasteiger partial charge in [-0.1, -0.05) is 42.5 Å². The van der Waals surface area contributed by atoms with E-state index in [0.29, 0.717) is 37.0 Å². The van der Waals surface area contributed by atoms with E-state index < -0.39 is 0 Å². The van der Waals surface area contributed by atoms with E-state index in [-0.39, 0.29) is 5.91 Å². The van der Waals surface area contributed by atoms with Crippen LogP contribution in [0.2, 0.25) is 0 Å². The number of nitrogens with one attached hydrogen (secondary N) is 1. The summed E-state index contributed by atoms with van der Waals surface area (Å²) in [6.07, 6.45) is 5.81. The molecule has 7 nitrogen and oxygen atoms in total. The van der Waals surface area contributed by atoms with E-state index in [2.05, 4.69) is 57.6 Å². The summed E-state index contributed by atoms with van der Waals surface area (Å²) in [5, 5.41) is 7.17. The van der Waals surface area contributed by atoms with Crippen molar-refractivity contribution in [3.05, 3.63) is 102 Å². The third-order valence-corrected chi connectivity index (χ3v) is 5.91. The molecule has 1 unspecified atom stereocenters. The van der Waals surface area contributed by atoms with Crippen molar-refractivity contribution in [2.45, 2.75) is 39.0 Å². The topological polar surface area (TPSA) is 76.2 Å². The van der Waals surface area contributed by atoms with Crippen molar-refractivity contribution in [1.82, 2.24) is 20.1 Å². The number of rotatable bonds is 7. The fraction of sp³-hybridized carbons (Fsp3) is 0.240. The zero-order chi connectivity index (χ0) is 21.9. The van der Waals surface area contributed by atoms with E-state index in [1.165, 1.54) is 17.6 Å². The van der Waals surface area contributed by atoms with E-state index >= 15 is 0 Å². The summed E-state index contributed by atoms with van der Waals surface area (Å²) < 4.78 is 7.49. The molecular weight excluding hydrogens is 402 g/mol. The zero-order valence-corrected chi connectivity index (χ0v) is 17.9. The SMILES string of the molecule is CC1Cc2ccccc2N1Cc1occc1C(=O)NCc1cccc(Cn2cncn2)c1. The Labute approximate surface area is 186 Å². The van der Waals surface area contributed by atoms with Crippen molar-refractivity contribution in [3.63, 3.8) is 0 Å². The molecule has 0 aliphatic carbocycles. The average molecular weight is 428 g/mol. The van der Waals surface area contributed by atoms with Crippen LogP contribution in [0, 0.1) is 0 Å². The Balaban J connectivity index is 1.25. The van der Waals surface area contributed by atoms with Crippen LogP contribution in [0.3, 0.4) is 0 Å². The van der Waals surface area contributed by atoms with Crippen LogP contribution in [-0.2, 0) is 26.1 Å². The van der Waals surface area contributed by atoms with Gasteiger partial charge >= 0.3 is 0 Å². The number of carbonyl (C=O) groups excluding carboxylic acids is 1. The number of aromatic nitrogens is 3. The van der Waals surface area contributed by atoms with E-state index in [0.717, 1.165) is 17.5 Å². The number of carbonyl (C=O) groups is 1. The summed E-state index contributed by atoms with van der Waals surface area (Å²) in [4.78, 5) is 19.2. The monoisotopic (exact) mass is 427 g/mol. The number of furan rings is 1. The molecule has 2 aromatic carbocycles. The van der Waals surface area contributed by atoms with Crippen LogP contribution in [0.4, 0.5) is 5.69 Å². The van der Waals surface area contributed by atoms with Crippen LogP contribution < -0.4 is 10.2 Å². The van der Waals surface area contributed by atoms with Crippen molar-refractivity contribution < 1.29 is 9.21 Å². The number of anilines is 1. The standard InChI is InChI=1S/C25H25N5O2/c1-18-11-21-7-2-3-8-23(21)30(18)15-24-22(9-10-32-24)25(31)27-13-19-5-4-6-20(12-19)14-29-17-26-16-28-29/h2-10,12,16-18H,11,13-15H2,1H3,(H,27,31). The van der Waals surface area contributed by atoms with Gasteiger partial charge in [-0.05, 0) is 42.2 Å². The molecule has 162 valence electrons. The molecule has 1 N–H and O–H groups in total. The van der Waals surface area contributed by atoms with Gasteiger partial charge in [0, 0.05) is 18.3 Å². The molecule has 1 aliphatic rings. The third-order valence-electron chi connectivity index (χ3n) is 5.91. The lowest BCUT2D eigenvalue weighted by Crippen LogP contribution is -2.30. The quantitative estimate of drug-likeness (QED) is 0.486. The third kappa shape index (κ3) is 4.14. The molecule has 1 aliphatic heterocycles. The molecule has 0 spiro atoms. The molecule has 3 heterocycles. The smallest absolute Gasteiger partial charge is 0.255 e. The summed E-state index contributed by atoms with van der Waals surface area (Å²) in [6, 6.07) is 18.6. The van der Waals surface area contributed by atoms with Crippen LogP contribution >= 0.6 is 0 Å². The largest absolute Gasteiger partial charge is 0.467 e. The minimum absolute atomic E-state index is 0.129. The molecule has 4 aromatic rings. The second-order valence-electron chi connectivity index (χ2n) is 8.16. The molecule has 0 fully saturated rings. The molecule has 1 amide bonds. The second kappa shape index (κ2) is 8.70. The Hall–Kier alpha value is -3.87. The van der Waals surface area contributed by atoms with Gasteiger partial charge < -0.3 is 14.6 Å². The Morgan fingerprint density at radius 1 is 1.12 bits per heavy atom. The van der Waals surface area contributed by atoms with Crippen molar-refractivity contribution in [3.8, 4) is 0 Å². The Bertz CT molecular complexity index is 1210. The maximum atomic E-state index is 12.9. The van der Waals surface area contributed by atoms with Crippen LogP contribution in [-0.4, -0.2) is 26.7 Å². The Kier molecular flexibility index (Phi) is 5.46. The zero-order valence-electron chi connectivity index (χ0n) is 17.9. The number of nitrogens with zero attached hydrogens (tertiary/aromatic N) is 4. The number of hydrogen-bond acceptors (Lipinski definition) is 5. The van der Waals surface area contributed by atoms with Gasteiger partial charge in [-0.25, -0.2) is 9.67 Å². The molecule has 0 saturated heterocycles. The summed E-state index contributed by atoms with van der Waals surface area (Å²) in [5.74, 6) is 0.557. The lowest BCUT2D eigenvalue weighted by molar-refractivity contribution is 0.0949. The summed E-state index contributed by atoms with van der Waals surface area (Å²) in [7, 11) is 0. The van der Waals surface area contributed by atoms with E-state index in [1.54, 1.807) is 23.3 Å². The molecule has 32 heavy (non-hydrogen) atoms. The molecule has 0 saturated carbocycles. The van der Waals surface area contributed by atoms with Crippen LogP contribution in [0.5, 0.6) is 0 Å². The first-order valence-corrected chi connectivity index (χ1v) is 10.8. The fourth-order valence-electron chi connectivity index (χ4n) is 4.31. The first-order valence-electron chi connectivity index (χ1n) is 10.8. The van der Waals surface area contributed by atoms with Crippen molar-refractivity contribution in [2.24, 2.45) is 0 Å². The molecule has 1 atom stereocenters. The van der Waals surface area contributed by atoms with E-state index in [1.807, 2.05) is 18.2 Å². The summed E-state index contributed by atoms with van der Waals surface area (Å²) in [5.41, 5.74) is 5.27. The van der Waals surface area contributed by atoms with Gasteiger partial charge in [-0.15, -0.1) is 0 Å². The van der Waals surface area contributed by atoms with Gasteiger partial charge in [0.15, 0.2) is 0 Å². The minimum atomic E-state index is -0.129. The predicted octanol–water partition coefficient (Wildman–Crippen LogP) is 3.80.